The highest BCUT2D eigenvalue weighted by molar-refractivity contribution is 9.08. The van der Waals surface area contributed by atoms with Crippen molar-refractivity contribution in [3.63, 3.8) is 0 Å². The summed E-state index contributed by atoms with van der Waals surface area (Å²) >= 11 is 3.10. The Morgan fingerprint density at radius 2 is 2.33 bits per heavy atom. The lowest BCUT2D eigenvalue weighted by molar-refractivity contribution is 0.150. The second-order valence-corrected chi connectivity index (χ2v) is 3.19. The predicted octanol–water partition coefficient (Wildman–Crippen LogP) is 2.79. The average molecular weight is 277 g/mol. The number of alkyl halides is 3. The number of methoxy groups -OCH3 is 1. The number of halogens is 3. The van der Waals surface area contributed by atoms with Crippen LogP contribution in [-0.2, 0) is 5.33 Å². The summed E-state index contributed by atoms with van der Waals surface area (Å²) in [5.74, 6) is -0.0650. The van der Waals surface area contributed by atoms with Crippen LogP contribution in [-0.4, -0.2) is 12.1 Å². The van der Waals surface area contributed by atoms with Gasteiger partial charge in [0.15, 0.2) is 0 Å². The van der Waals surface area contributed by atoms with E-state index < -0.39 is 6.43 Å². The molecule has 0 saturated heterocycles. The van der Waals surface area contributed by atoms with Gasteiger partial charge in [0, 0.05) is 10.9 Å². The van der Waals surface area contributed by atoms with Crippen molar-refractivity contribution in [2.24, 2.45) is 0 Å². The van der Waals surface area contributed by atoms with Crippen molar-refractivity contribution in [3.8, 4) is 11.9 Å². The van der Waals surface area contributed by atoms with Gasteiger partial charge in [-0.15, -0.1) is 0 Å². The molecule has 0 aliphatic rings. The molecule has 1 aromatic heterocycles. The van der Waals surface area contributed by atoms with E-state index in [4.69, 9.17) is 10.00 Å². The van der Waals surface area contributed by atoms with E-state index in [1.54, 1.807) is 6.07 Å². The van der Waals surface area contributed by atoms with Crippen LogP contribution in [0, 0.1) is 11.3 Å². The number of nitrogens with zero attached hydrogens (tertiary/aromatic N) is 2. The molecule has 0 unspecified atom stereocenters. The molecule has 0 saturated carbocycles. The van der Waals surface area contributed by atoms with E-state index >= 15 is 0 Å². The monoisotopic (exact) mass is 276 g/mol. The molecular formula is C9H7BrF2N2O. The molecule has 0 bridgehead atoms. The summed E-state index contributed by atoms with van der Waals surface area (Å²) in [5, 5.41) is 9.06. The first-order chi connectivity index (χ1) is 7.13. The lowest BCUT2D eigenvalue weighted by Gasteiger charge is -2.08. The second-order valence-electron chi connectivity index (χ2n) is 2.63. The Labute approximate surface area is 93.8 Å². The fraction of sp³-hybridized carbons (Fsp3) is 0.333. The molecule has 0 aliphatic heterocycles. The molecule has 0 N–H and O–H groups in total. The normalized spacial score (nSPS) is 10.1. The number of rotatable bonds is 3. The van der Waals surface area contributed by atoms with Crippen LogP contribution < -0.4 is 4.74 Å². The highest BCUT2D eigenvalue weighted by Crippen LogP contribution is 2.29. The van der Waals surface area contributed by atoms with Crippen molar-refractivity contribution in [2.75, 3.05) is 7.11 Å². The molecule has 3 nitrogen and oxygen atoms in total. The number of pyridine rings is 1. The third kappa shape index (κ3) is 2.42. The number of hydrogen-bond donors (Lipinski definition) is 0. The summed E-state index contributed by atoms with van der Waals surface area (Å²) in [6.45, 7) is 0. The molecular weight excluding hydrogens is 270 g/mol. The van der Waals surface area contributed by atoms with E-state index in [1.165, 1.54) is 13.2 Å². The van der Waals surface area contributed by atoms with Gasteiger partial charge < -0.3 is 4.74 Å². The Hall–Kier alpha value is -1.22. The van der Waals surface area contributed by atoms with Crippen LogP contribution >= 0.6 is 15.9 Å². The highest BCUT2D eigenvalue weighted by atomic mass is 79.9. The maximum atomic E-state index is 12.6. The first-order valence-corrected chi connectivity index (χ1v) is 5.08. The van der Waals surface area contributed by atoms with Crippen LogP contribution in [0.15, 0.2) is 6.07 Å². The zero-order valence-electron chi connectivity index (χ0n) is 7.80. The van der Waals surface area contributed by atoms with Crippen LogP contribution in [0.2, 0.25) is 0 Å². The highest BCUT2D eigenvalue weighted by Gasteiger charge is 2.19. The van der Waals surface area contributed by atoms with Crippen molar-refractivity contribution < 1.29 is 13.5 Å². The smallest absolute Gasteiger partial charge is 0.265 e. The lowest BCUT2D eigenvalue weighted by Crippen LogP contribution is -2.01. The minimum absolute atomic E-state index is 0.0650. The molecule has 0 aromatic carbocycles. The minimum Gasteiger partial charge on any atom is -0.480 e. The van der Waals surface area contributed by atoms with Crippen LogP contribution in [0.4, 0.5) is 8.78 Å². The number of nitriles is 1. The van der Waals surface area contributed by atoms with Gasteiger partial charge in [-0.3, -0.25) is 0 Å². The molecule has 80 valence electrons. The SMILES string of the molecule is COc1nc(CBr)cc(C(F)F)c1C#N. The molecule has 0 spiro atoms. The Morgan fingerprint density at radius 3 is 2.73 bits per heavy atom. The van der Waals surface area contributed by atoms with E-state index in [1.807, 2.05) is 0 Å². The molecule has 0 aliphatic carbocycles. The molecule has 1 heterocycles. The topological polar surface area (TPSA) is 45.9 Å². The molecule has 0 fully saturated rings. The molecule has 1 rings (SSSR count). The second kappa shape index (κ2) is 5.03. The van der Waals surface area contributed by atoms with E-state index in [9.17, 15) is 8.78 Å². The van der Waals surface area contributed by atoms with Crippen LogP contribution in [0.1, 0.15) is 23.2 Å². The summed E-state index contributed by atoms with van der Waals surface area (Å²) in [5.41, 5.74) is -0.155. The molecule has 15 heavy (non-hydrogen) atoms. The standard InChI is InChI=1S/C9H7BrF2N2O/c1-15-9-7(4-13)6(8(11)12)2-5(3-10)14-9/h2,8H,3H2,1H3. The summed E-state index contributed by atoms with van der Waals surface area (Å²) in [7, 11) is 1.29. The number of hydrogen-bond acceptors (Lipinski definition) is 3. The summed E-state index contributed by atoms with van der Waals surface area (Å²) in [6.07, 6.45) is -2.71. The first kappa shape index (κ1) is 11.9. The number of ether oxygens (including phenoxy) is 1. The minimum atomic E-state index is -2.71. The largest absolute Gasteiger partial charge is 0.480 e. The third-order valence-corrected chi connectivity index (χ3v) is 2.32. The maximum absolute atomic E-state index is 12.6. The van der Waals surface area contributed by atoms with Gasteiger partial charge in [0.1, 0.15) is 11.6 Å². The van der Waals surface area contributed by atoms with Crippen LogP contribution in [0.5, 0.6) is 5.88 Å². The quantitative estimate of drug-likeness (QED) is 0.798. The van der Waals surface area contributed by atoms with Crippen molar-refractivity contribution in [2.45, 2.75) is 11.8 Å². The lowest BCUT2D eigenvalue weighted by atomic mass is 10.1. The Kier molecular flexibility index (Phi) is 3.97. The number of aromatic nitrogens is 1. The maximum Gasteiger partial charge on any atom is 0.265 e. The van der Waals surface area contributed by atoms with Gasteiger partial charge in [0.05, 0.1) is 12.8 Å². The van der Waals surface area contributed by atoms with E-state index in [0.717, 1.165) is 0 Å². The Balaban J connectivity index is 3.41. The fourth-order valence-electron chi connectivity index (χ4n) is 1.09. The van der Waals surface area contributed by atoms with E-state index in [-0.39, 0.29) is 17.0 Å². The van der Waals surface area contributed by atoms with Crippen LogP contribution in [0.25, 0.3) is 0 Å². The van der Waals surface area contributed by atoms with E-state index in [0.29, 0.717) is 11.0 Å². The van der Waals surface area contributed by atoms with Gasteiger partial charge in [-0.25, -0.2) is 13.8 Å². The molecule has 0 amide bonds. The zero-order chi connectivity index (χ0) is 11.4. The summed E-state index contributed by atoms with van der Waals surface area (Å²) < 4.78 is 30.0. The fourth-order valence-corrected chi connectivity index (χ4v) is 1.38. The zero-order valence-corrected chi connectivity index (χ0v) is 9.38. The van der Waals surface area contributed by atoms with Gasteiger partial charge in [-0.1, -0.05) is 15.9 Å². The van der Waals surface area contributed by atoms with Crippen molar-refractivity contribution in [3.05, 3.63) is 22.9 Å². The molecule has 0 radical (unpaired) electrons. The van der Waals surface area contributed by atoms with Crippen molar-refractivity contribution in [1.82, 2.24) is 4.98 Å². The molecule has 0 atom stereocenters. The van der Waals surface area contributed by atoms with Crippen molar-refractivity contribution in [1.29, 1.82) is 5.26 Å². The van der Waals surface area contributed by atoms with Gasteiger partial charge >= 0.3 is 0 Å². The van der Waals surface area contributed by atoms with Crippen LogP contribution in [0.3, 0.4) is 0 Å². The Morgan fingerprint density at radius 1 is 1.67 bits per heavy atom. The summed E-state index contributed by atoms with van der Waals surface area (Å²) in [6, 6.07) is 2.86. The first-order valence-electron chi connectivity index (χ1n) is 3.96. The van der Waals surface area contributed by atoms with Crippen molar-refractivity contribution >= 4 is 15.9 Å². The summed E-state index contributed by atoms with van der Waals surface area (Å²) in [4.78, 5) is 3.90. The average Bonchev–Trinajstić information content (AvgIpc) is 2.26. The Bertz CT molecular complexity index is 404. The van der Waals surface area contributed by atoms with Gasteiger partial charge in [-0.05, 0) is 6.07 Å². The molecule has 6 heteroatoms. The third-order valence-electron chi connectivity index (χ3n) is 1.75. The van der Waals surface area contributed by atoms with Gasteiger partial charge in [0.25, 0.3) is 6.43 Å². The predicted molar refractivity (Wildman–Crippen MR) is 53.1 cm³/mol. The van der Waals surface area contributed by atoms with Gasteiger partial charge in [-0.2, -0.15) is 5.26 Å². The molecule has 1 aromatic rings. The van der Waals surface area contributed by atoms with E-state index in [2.05, 4.69) is 20.9 Å². The van der Waals surface area contributed by atoms with Gasteiger partial charge in [0.2, 0.25) is 5.88 Å².